The average molecular weight is 214 g/mol. The Kier molecular flexibility index (Phi) is 2.34. The van der Waals surface area contributed by atoms with Crippen LogP contribution in [0.25, 0.3) is 0 Å². The van der Waals surface area contributed by atoms with E-state index in [4.69, 9.17) is 0 Å². The van der Waals surface area contributed by atoms with Gasteiger partial charge in [-0.1, -0.05) is 6.07 Å². The summed E-state index contributed by atoms with van der Waals surface area (Å²) < 4.78 is 0. The summed E-state index contributed by atoms with van der Waals surface area (Å²) in [6.45, 7) is 1.74. The van der Waals surface area contributed by atoms with Gasteiger partial charge in [0, 0.05) is 5.56 Å². The maximum absolute atomic E-state index is 11.9. The summed E-state index contributed by atoms with van der Waals surface area (Å²) in [4.78, 5) is 11.9. The molecule has 1 aromatic carbocycles. The molecule has 1 nitrogen and oxygen atoms in total. The van der Waals surface area contributed by atoms with Gasteiger partial charge in [-0.15, -0.1) is 0 Å². The van der Waals surface area contributed by atoms with Crippen LogP contribution in [0.4, 0.5) is 0 Å². The zero-order valence-corrected chi connectivity index (χ0v) is 9.94. The first kappa shape index (κ1) is 10.1. The lowest BCUT2D eigenvalue weighted by Gasteiger charge is -2.21. The highest BCUT2D eigenvalue weighted by Crippen LogP contribution is 2.34. The van der Waals surface area contributed by atoms with Crippen LogP contribution >= 0.6 is 0 Å². The van der Waals surface area contributed by atoms with Gasteiger partial charge in [0.1, 0.15) is 0 Å². The van der Waals surface area contributed by atoms with Gasteiger partial charge in [0.25, 0.3) is 0 Å². The van der Waals surface area contributed by atoms with Crippen LogP contribution in [0.1, 0.15) is 58.8 Å². The lowest BCUT2D eigenvalue weighted by Crippen LogP contribution is -2.12. The average Bonchev–Trinajstić information content (AvgIpc) is 2.72. The Hall–Kier alpha value is -1.11. The number of ketones is 1. The Balaban J connectivity index is 2.25. The topological polar surface area (TPSA) is 17.1 Å². The van der Waals surface area contributed by atoms with E-state index in [9.17, 15) is 4.79 Å². The molecular formula is C15H18O. The van der Waals surface area contributed by atoms with Crippen molar-refractivity contribution in [2.45, 2.75) is 51.9 Å². The molecule has 0 bridgehead atoms. The summed E-state index contributed by atoms with van der Waals surface area (Å²) in [7, 11) is 0. The fraction of sp³-hybridized carbons (Fsp3) is 0.533. The van der Waals surface area contributed by atoms with Gasteiger partial charge in [-0.3, -0.25) is 4.79 Å². The van der Waals surface area contributed by atoms with E-state index >= 15 is 0 Å². The largest absolute Gasteiger partial charge is 0.294 e. The molecule has 0 amide bonds. The Labute approximate surface area is 96.9 Å². The van der Waals surface area contributed by atoms with Crippen LogP contribution in [0.15, 0.2) is 6.07 Å². The van der Waals surface area contributed by atoms with E-state index in [2.05, 4.69) is 6.07 Å². The minimum absolute atomic E-state index is 0.289. The van der Waals surface area contributed by atoms with Crippen molar-refractivity contribution >= 4 is 5.78 Å². The highest BCUT2D eigenvalue weighted by Gasteiger charge is 2.24. The first-order valence-corrected chi connectivity index (χ1v) is 6.45. The number of aryl methyl sites for hydroxylation is 2. The molecule has 1 heteroatoms. The van der Waals surface area contributed by atoms with Crippen molar-refractivity contribution in [1.82, 2.24) is 0 Å². The summed E-state index contributed by atoms with van der Waals surface area (Å²) in [6.07, 6.45) is 8.40. The Bertz CT molecular complexity index is 457. The van der Waals surface area contributed by atoms with Gasteiger partial charge in [0.05, 0.1) is 0 Å². The standard InChI is InChI=1S/C15H18O/c1-10(16)15-13-7-3-2-5-11(13)9-12-6-4-8-14(12)15/h9H,2-8H2,1H3. The Morgan fingerprint density at radius 3 is 2.19 bits per heavy atom. The van der Waals surface area contributed by atoms with Gasteiger partial charge in [0.15, 0.2) is 5.78 Å². The number of rotatable bonds is 1. The second-order valence-corrected chi connectivity index (χ2v) is 5.14. The molecule has 0 atom stereocenters. The number of carbonyl (C=O) groups is 1. The van der Waals surface area contributed by atoms with Crippen molar-refractivity contribution in [3.63, 3.8) is 0 Å². The van der Waals surface area contributed by atoms with Crippen LogP contribution in [-0.4, -0.2) is 5.78 Å². The van der Waals surface area contributed by atoms with E-state index in [0.29, 0.717) is 0 Å². The van der Waals surface area contributed by atoms with E-state index in [1.165, 1.54) is 54.4 Å². The van der Waals surface area contributed by atoms with E-state index in [-0.39, 0.29) is 5.78 Å². The van der Waals surface area contributed by atoms with E-state index in [1.807, 2.05) is 0 Å². The molecule has 0 radical (unpaired) electrons. The summed E-state index contributed by atoms with van der Waals surface area (Å²) in [5.74, 6) is 0.289. The van der Waals surface area contributed by atoms with Crippen molar-refractivity contribution in [2.75, 3.05) is 0 Å². The molecule has 0 aliphatic heterocycles. The normalized spacial score (nSPS) is 18.1. The molecule has 0 fully saturated rings. The molecule has 0 spiro atoms. The number of hydrogen-bond acceptors (Lipinski definition) is 1. The fourth-order valence-electron chi connectivity index (χ4n) is 3.40. The van der Waals surface area contributed by atoms with Crippen LogP contribution in [0.3, 0.4) is 0 Å². The second kappa shape index (κ2) is 3.73. The monoisotopic (exact) mass is 214 g/mol. The minimum Gasteiger partial charge on any atom is -0.294 e. The lowest BCUT2D eigenvalue weighted by atomic mass is 9.83. The van der Waals surface area contributed by atoms with E-state index in [1.54, 1.807) is 6.92 Å². The van der Waals surface area contributed by atoms with Crippen molar-refractivity contribution in [3.8, 4) is 0 Å². The molecule has 84 valence electrons. The molecule has 0 heterocycles. The molecule has 1 aromatic rings. The molecule has 16 heavy (non-hydrogen) atoms. The Morgan fingerprint density at radius 1 is 0.938 bits per heavy atom. The predicted octanol–water partition coefficient (Wildman–Crippen LogP) is 3.26. The lowest BCUT2D eigenvalue weighted by molar-refractivity contribution is 0.101. The van der Waals surface area contributed by atoms with Gasteiger partial charge in [-0.05, 0) is 74.1 Å². The zero-order chi connectivity index (χ0) is 11.1. The third-order valence-corrected chi connectivity index (χ3v) is 4.08. The number of carbonyl (C=O) groups excluding carboxylic acids is 1. The third-order valence-electron chi connectivity index (χ3n) is 4.08. The molecule has 0 aromatic heterocycles. The minimum atomic E-state index is 0.289. The summed E-state index contributed by atoms with van der Waals surface area (Å²) in [5.41, 5.74) is 6.81. The quantitative estimate of drug-likeness (QED) is 0.656. The number of benzene rings is 1. The predicted molar refractivity (Wildman–Crippen MR) is 65.1 cm³/mol. The van der Waals surface area contributed by atoms with Crippen molar-refractivity contribution in [2.24, 2.45) is 0 Å². The van der Waals surface area contributed by atoms with E-state index in [0.717, 1.165) is 18.4 Å². The smallest absolute Gasteiger partial charge is 0.160 e. The maximum atomic E-state index is 11.9. The number of hydrogen-bond donors (Lipinski definition) is 0. The maximum Gasteiger partial charge on any atom is 0.160 e. The van der Waals surface area contributed by atoms with Crippen molar-refractivity contribution < 1.29 is 4.79 Å². The highest BCUT2D eigenvalue weighted by atomic mass is 16.1. The van der Waals surface area contributed by atoms with Crippen LogP contribution in [0, 0.1) is 0 Å². The van der Waals surface area contributed by atoms with Gasteiger partial charge < -0.3 is 0 Å². The van der Waals surface area contributed by atoms with Gasteiger partial charge in [0.2, 0.25) is 0 Å². The number of Topliss-reactive ketones (excluding diaryl/α,β-unsaturated/α-hetero) is 1. The fourth-order valence-corrected chi connectivity index (χ4v) is 3.40. The Morgan fingerprint density at radius 2 is 1.50 bits per heavy atom. The summed E-state index contributed by atoms with van der Waals surface area (Å²) in [5, 5.41) is 0. The second-order valence-electron chi connectivity index (χ2n) is 5.14. The zero-order valence-electron chi connectivity index (χ0n) is 9.94. The SMILES string of the molecule is CC(=O)c1c2c(cc3c1CCC3)CCCC2. The van der Waals surface area contributed by atoms with Crippen LogP contribution < -0.4 is 0 Å². The molecule has 3 rings (SSSR count). The summed E-state index contributed by atoms with van der Waals surface area (Å²) in [6, 6.07) is 2.39. The van der Waals surface area contributed by atoms with Gasteiger partial charge in [-0.25, -0.2) is 0 Å². The van der Waals surface area contributed by atoms with Crippen molar-refractivity contribution in [3.05, 3.63) is 33.9 Å². The van der Waals surface area contributed by atoms with E-state index < -0.39 is 0 Å². The molecule has 0 saturated carbocycles. The molecular weight excluding hydrogens is 196 g/mol. The first-order chi connectivity index (χ1) is 7.77. The summed E-state index contributed by atoms with van der Waals surface area (Å²) >= 11 is 0. The van der Waals surface area contributed by atoms with Crippen LogP contribution in [0.2, 0.25) is 0 Å². The number of fused-ring (bicyclic) bond motifs is 2. The van der Waals surface area contributed by atoms with Crippen molar-refractivity contribution in [1.29, 1.82) is 0 Å². The highest BCUT2D eigenvalue weighted by molar-refractivity contribution is 5.98. The molecule has 0 N–H and O–H groups in total. The van der Waals surface area contributed by atoms with Crippen LogP contribution in [0.5, 0.6) is 0 Å². The third kappa shape index (κ3) is 1.41. The van der Waals surface area contributed by atoms with Crippen LogP contribution in [-0.2, 0) is 25.7 Å². The first-order valence-electron chi connectivity index (χ1n) is 6.45. The molecule has 0 saturated heterocycles. The molecule has 2 aliphatic carbocycles. The molecule has 2 aliphatic rings. The van der Waals surface area contributed by atoms with Gasteiger partial charge >= 0.3 is 0 Å². The van der Waals surface area contributed by atoms with Gasteiger partial charge in [-0.2, -0.15) is 0 Å². The molecule has 0 unspecified atom stereocenters.